The van der Waals surface area contributed by atoms with Gasteiger partial charge >= 0.3 is 13.1 Å². The van der Waals surface area contributed by atoms with Crippen LogP contribution in [0.2, 0.25) is 0 Å². The van der Waals surface area contributed by atoms with Crippen molar-refractivity contribution in [3.05, 3.63) is 35.1 Å². The molecule has 1 saturated heterocycles. The predicted octanol–water partition coefficient (Wildman–Crippen LogP) is 2.02. The molecule has 1 aliphatic heterocycles. The van der Waals surface area contributed by atoms with Gasteiger partial charge in [-0.15, -0.1) is 0 Å². The van der Waals surface area contributed by atoms with Crippen molar-refractivity contribution in [3.63, 3.8) is 0 Å². The van der Waals surface area contributed by atoms with E-state index >= 15 is 0 Å². The first-order valence-corrected chi connectivity index (χ1v) is 8.39. The van der Waals surface area contributed by atoms with E-state index in [2.05, 4.69) is 10.3 Å². The lowest BCUT2D eigenvalue weighted by Crippen LogP contribution is -2.41. The average Bonchev–Trinajstić information content (AvgIpc) is 2.78. The first kappa shape index (κ1) is 20.1. The van der Waals surface area contributed by atoms with Crippen LogP contribution >= 0.6 is 0 Å². The van der Waals surface area contributed by atoms with Crippen LogP contribution in [0.5, 0.6) is 0 Å². The normalized spacial score (nSPS) is 18.5. The van der Waals surface area contributed by atoms with Gasteiger partial charge in [-0.25, -0.2) is 4.79 Å². The van der Waals surface area contributed by atoms with Gasteiger partial charge in [0, 0.05) is 25.9 Å². The van der Waals surface area contributed by atoms with Crippen LogP contribution in [0.4, 0.5) is 0 Å². The Kier molecular flexibility index (Phi) is 5.88. The number of rotatable bonds is 5. The van der Waals surface area contributed by atoms with Gasteiger partial charge in [0.2, 0.25) is 5.91 Å². The van der Waals surface area contributed by atoms with Crippen LogP contribution in [0.1, 0.15) is 50.5 Å². The maximum Gasteiger partial charge on any atom is 0.492 e. The molecular weight excluding hydrogens is 335 g/mol. The zero-order valence-electron chi connectivity index (χ0n) is 16.1. The Bertz CT molecular complexity index is 714. The highest BCUT2D eigenvalue weighted by Crippen LogP contribution is 2.38. The van der Waals surface area contributed by atoms with Crippen molar-refractivity contribution in [3.8, 4) is 0 Å². The standard InChI is InChI=1S/C18H25BN2O5/c1-12(22)21-11-15(19-25-17(2,3)18(4,5)26-19)8-13-7-14(10-20-9-13)16(23)24-6/h7-10H,11H2,1-6H3,(H,21,22). The van der Waals surface area contributed by atoms with E-state index in [9.17, 15) is 9.59 Å². The smallest absolute Gasteiger partial charge is 0.465 e. The van der Waals surface area contributed by atoms with E-state index in [0.29, 0.717) is 11.1 Å². The average molecular weight is 360 g/mol. The molecule has 7 nitrogen and oxygen atoms in total. The summed E-state index contributed by atoms with van der Waals surface area (Å²) in [6.45, 7) is 9.55. The monoisotopic (exact) mass is 360 g/mol. The molecule has 1 aromatic heterocycles. The Labute approximate surface area is 154 Å². The van der Waals surface area contributed by atoms with E-state index in [4.69, 9.17) is 14.0 Å². The van der Waals surface area contributed by atoms with Gasteiger partial charge in [0.1, 0.15) is 0 Å². The number of ether oxygens (including phenoxy) is 1. The van der Waals surface area contributed by atoms with Gasteiger partial charge in [-0.3, -0.25) is 9.78 Å². The molecular formula is C18H25BN2O5. The van der Waals surface area contributed by atoms with Crippen molar-refractivity contribution < 1.29 is 23.6 Å². The summed E-state index contributed by atoms with van der Waals surface area (Å²) < 4.78 is 16.9. The van der Waals surface area contributed by atoms with Crippen molar-refractivity contribution in [2.75, 3.05) is 13.7 Å². The maximum atomic E-state index is 11.7. The molecule has 0 saturated carbocycles. The molecule has 2 heterocycles. The Balaban J connectivity index is 2.35. The van der Waals surface area contributed by atoms with E-state index in [1.165, 1.54) is 20.2 Å². The van der Waals surface area contributed by atoms with Gasteiger partial charge in [0.25, 0.3) is 0 Å². The fraction of sp³-hybridized carbons (Fsp3) is 0.500. The zero-order chi connectivity index (χ0) is 19.5. The summed E-state index contributed by atoms with van der Waals surface area (Å²) in [4.78, 5) is 27.1. The van der Waals surface area contributed by atoms with E-state index in [-0.39, 0.29) is 12.5 Å². The lowest BCUT2D eigenvalue weighted by molar-refractivity contribution is -0.118. The minimum Gasteiger partial charge on any atom is -0.465 e. The lowest BCUT2D eigenvalue weighted by Gasteiger charge is -2.32. The second kappa shape index (κ2) is 7.59. The highest BCUT2D eigenvalue weighted by atomic mass is 16.7. The number of methoxy groups -OCH3 is 1. The minimum absolute atomic E-state index is 0.158. The molecule has 0 aromatic carbocycles. The SMILES string of the molecule is COC(=O)c1cncc(C=C(CNC(C)=O)B2OC(C)(C)C(C)(C)O2)c1. The fourth-order valence-corrected chi connectivity index (χ4v) is 2.40. The van der Waals surface area contributed by atoms with E-state index in [0.717, 1.165) is 5.47 Å². The number of nitrogens with one attached hydrogen (secondary N) is 1. The minimum atomic E-state index is -0.617. The number of hydrogen-bond donors (Lipinski definition) is 1. The summed E-state index contributed by atoms with van der Waals surface area (Å²) in [5, 5.41) is 2.77. The van der Waals surface area contributed by atoms with Crippen LogP contribution in [-0.4, -0.2) is 48.8 Å². The van der Waals surface area contributed by atoms with Gasteiger partial charge in [-0.05, 0) is 44.8 Å². The van der Waals surface area contributed by atoms with Gasteiger partial charge in [0.05, 0.1) is 23.9 Å². The number of nitrogens with zero attached hydrogens (tertiary/aromatic N) is 1. The molecule has 140 valence electrons. The molecule has 1 aromatic rings. The van der Waals surface area contributed by atoms with Crippen LogP contribution in [0.25, 0.3) is 6.08 Å². The third-order valence-electron chi connectivity index (χ3n) is 4.63. The van der Waals surface area contributed by atoms with E-state index < -0.39 is 24.3 Å². The highest BCUT2D eigenvalue weighted by molar-refractivity contribution is 6.56. The third-order valence-corrected chi connectivity index (χ3v) is 4.63. The first-order chi connectivity index (χ1) is 12.1. The molecule has 0 aliphatic carbocycles. The number of esters is 1. The maximum absolute atomic E-state index is 11.7. The van der Waals surface area contributed by atoms with Gasteiger partial charge in [-0.1, -0.05) is 6.08 Å². The van der Waals surface area contributed by atoms with Crippen LogP contribution in [0.3, 0.4) is 0 Å². The zero-order valence-corrected chi connectivity index (χ0v) is 16.1. The molecule has 1 amide bonds. The van der Waals surface area contributed by atoms with Crippen molar-refractivity contribution in [1.29, 1.82) is 0 Å². The Morgan fingerprint density at radius 3 is 2.38 bits per heavy atom. The summed E-state index contributed by atoms with van der Waals surface area (Å²) in [7, 11) is 0.700. The number of hydrogen-bond acceptors (Lipinski definition) is 6. The van der Waals surface area contributed by atoms with Crippen molar-refractivity contribution in [1.82, 2.24) is 10.3 Å². The van der Waals surface area contributed by atoms with E-state index in [1.54, 1.807) is 18.3 Å². The molecule has 0 unspecified atom stereocenters. The number of amides is 1. The van der Waals surface area contributed by atoms with Crippen LogP contribution in [0, 0.1) is 0 Å². The number of carbonyl (C=O) groups is 2. The quantitative estimate of drug-likeness (QED) is 0.639. The number of pyridine rings is 1. The highest BCUT2D eigenvalue weighted by Gasteiger charge is 2.52. The topological polar surface area (TPSA) is 86.8 Å². The summed E-state index contributed by atoms with van der Waals surface area (Å²) in [6.07, 6.45) is 4.86. The molecule has 26 heavy (non-hydrogen) atoms. The molecule has 1 N–H and O–H groups in total. The predicted molar refractivity (Wildman–Crippen MR) is 98.3 cm³/mol. The molecule has 1 aliphatic rings. The molecule has 1 fully saturated rings. The van der Waals surface area contributed by atoms with Crippen molar-refractivity contribution in [2.24, 2.45) is 0 Å². The first-order valence-electron chi connectivity index (χ1n) is 8.39. The van der Waals surface area contributed by atoms with Crippen LogP contribution in [0.15, 0.2) is 23.9 Å². The lowest BCUT2D eigenvalue weighted by atomic mass is 9.77. The fourth-order valence-electron chi connectivity index (χ4n) is 2.40. The Morgan fingerprint density at radius 1 is 1.23 bits per heavy atom. The Morgan fingerprint density at radius 2 is 1.85 bits per heavy atom. The number of aromatic nitrogens is 1. The van der Waals surface area contributed by atoms with Gasteiger partial charge < -0.3 is 19.4 Å². The molecule has 2 rings (SSSR count). The second-order valence-electron chi connectivity index (χ2n) is 7.22. The summed E-state index contributed by atoms with van der Waals surface area (Å²) in [6, 6.07) is 1.66. The number of carbonyl (C=O) groups excluding carboxylic acids is 2. The molecule has 0 radical (unpaired) electrons. The molecule has 0 atom stereocenters. The van der Waals surface area contributed by atoms with Crippen LogP contribution in [-0.2, 0) is 18.8 Å². The van der Waals surface area contributed by atoms with Crippen LogP contribution < -0.4 is 5.32 Å². The van der Waals surface area contributed by atoms with Gasteiger partial charge in [-0.2, -0.15) is 0 Å². The summed E-state index contributed by atoms with van der Waals surface area (Å²) in [5.41, 5.74) is 0.748. The van der Waals surface area contributed by atoms with Gasteiger partial charge in [0.15, 0.2) is 0 Å². The largest absolute Gasteiger partial charge is 0.492 e. The van der Waals surface area contributed by atoms with E-state index in [1.807, 2.05) is 27.7 Å². The van der Waals surface area contributed by atoms with Crippen molar-refractivity contribution in [2.45, 2.75) is 45.8 Å². The third kappa shape index (κ3) is 4.50. The summed E-state index contributed by atoms with van der Waals surface area (Å²) >= 11 is 0. The summed E-state index contributed by atoms with van der Waals surface area (Å²) in [5.74, 6) is -0.624. The molecule has 0 spiro atoms. The second-order valence-corrected chi connectivity index (χ2v) is 7.22. The Hall–Kier alpha value is -2.19. The van der Waals surface area contributed by atoms with Crippen molar-refractivity contribution >= 4 is 25.1 Å². The molecule has 8 heteroatoms. The molecule has 0 bridgehead atoms.